The van der Waals surface area contributed by atoms with Gasteiger partial charge < -0.3 is 8.97 Å². The maximum Gasteiger partial charge on any atom is 0.241 e. The Labute approximate surface area is 192 Å². The van der Waals surface area contributed by atoms with Crippen LogP contribution in [0.25, 0.3) is 10.2 Å². The van der Waals surface area contributed by atoms with E-state index in [0.29, 0.717) is 16.1 Å². The number of rotatable bonds is 8. The summed E-state index contributed by atoms with van der Waals surface area (Å²) in [5.74, 6) is -0.468. The van der Waals surface area contributed by atoms with Crippen LogP contribution in [0, 0.1) is 0 Å². The highest BCUT2D eigenvalue weighted by Gasteiger charge is 2.37. The Balaban J connectivity index is 1.77. The minimum atomic E-state index is -3.86. The number of nitrogens with one attached hydrogen (secondary N) is 1. The lowest BCUT2D eigenvalue weighted by Crippen LogP contribution is -2.17. The molecule has 162 valence electrons. The van der Waals surface area contributed by atoms with E-state index in [4.69, 9.17) is 4.42 Å². The zero-order valence-corrected chi connectivity index (χ0v) is 19.6. The van der Waals surface area contributed by atoms with Gasteiger partial charge in [-0.15, -0.1) is 21.5 Å². The molecule has 0 fully saturated rings. The van der Waals surface area contributed by atoms with E-state index in [1.54, 1.807) is 36.4 Å². The van der Waals surface area contributed by atoms with Gasteiger partial charge in [0.05, 0.1) is 22.5 Å². The van der Waals surface area contributed by atoms with Gasteiger partial charge in [0.2, 0.25) is 11.8 Å². The van der Waals surface area contributed by atoms with Crippen LogP contribution >= 0.6 is 27.3 Å². The van der Waals surface area contributed by atoms with Crippen LogP contribution in [-0.2, 0) is 33.4 Å². The summed E-state index contributed by atoms with van der Waals surface area (Å²) in [7, 11) is -3.86. The molecule has 0 aliphatic heterocycles. The molecule has 2 aromatic heterocycles. The summed E-state index contributed by atoms with van der Waals surface area (Å²) in [5.41, 5.74) is 1.26. The largest absolute Gasteiger partial charge is 0.760 e. The van der Waals surface area contributed by atoms with Crippen LogP contribution in [0.4, 0.5) is 0 Å². The normalized spacial score (nSPS) is 14.0. The van der Waals surface area contributed by atoms with Gasteiger partial charge >= 0.3 is 0 Å². The number of fused-ring (bicyclic) bond motifs is 1. The molecule has 0 amide bonds. The third kappa shape index (κ3) is 5.25. The fraction of sp³-hybridized carbons (Fsp3) is 0.167. The summed E-state index contributed by atoms with van der Waals surface area (Å²) in [6.07, 6.45) is 0. The molecule has 4 aromatic rings. The molecular weight excluding hydrogens is 528 g/mol. The minimum Gasteiger partial charge on any atom is -0.760 e. The first-order chi connectivity index (χ1) is 14.8. The fourth-order valence-corrected chi connectivity index (χ4v) is 6.80. The number of hydrogen-bond acceptors (Lipinski definition) is 9. The average molecular weight is 542 g/mol. The van der Waals surface area contributed by atoms with Gasteiger partial charge in [-0.25, -0.2) is 18.1 Å². The number of hydrogen-bond donors (Lipinski definition) is 1. The van der Waals surface area contributed by atoms with Crippen LogP contribution in [0.3, 0.4) is 0 Å². The highest BCUT2D eigenvalue weighted by atomic mass is 79.9. The highest BCUT2D eigenvalue weighted by molar-refractivity contribution is 9.10. The summed E-state index contributed by atoms with van der Waals surface area (Å²) in [6.45, 7) is -0.249. The van der Waals surface area contributed by atoms with E-state index < -0.39 is 26.4 Å². The van der Waals surface area contributed by atoms with Gasteiger partial charge in [-0.05, 0) is 23.8 Å². The number of nitrogens with zero attached hydrogens (tertiary/aromatic N) is 3. The molecule has 0 radical (unpaired) electrons. The second-order valence-corrected chi connectivity index (χ2v) is 11.2. The average Bonchev–Trinajstić information content (AvgIpc) is 3.33. The first kappa shape index (κ1) is 22.2. The number of benzene rings is 2. The molecule has 0 aliphatic rings. The summed E-state index contributed by atoms with van der Waals surface area (Å²) in [4.78, 5) is 4.50. The van der Waals surface area contributed by atoms with Crippen LogP contribution in [0.1, 0.15) is 27.6 Å². The minimum absolute atomic E-state index is 0.0528. The third-order valence-electron chi connectivity index (χ3n) is 4.21. The molecule has 0 bridgehead atoms. The van der Waals surface area contributed by atoms with Crippen molar-refractivity contribution in [3.05, 3.63) is 75.4 Å². The molecule has 2 unspecified atom stereocenters. The van der Waals surface area contributed by atoms with Crippen LogP contribution in [-0.4, -0.2) is 32.4 Å². The van der Waals surface area contributed by atoms with Gasteiger partial charge in [-0.2, -0.15) is 0 Å². The second-order valence-electron chi connectivity index (χ2n) is 6.43. The number of halogens is 1. The predicted octanol–water partition coefficient (Wildman–Crippen LogP) is 3.03. The van der Waals surface area contributed by atoms with Gasteiger partial charge in [0, 0.05) is 15.7 Å². The standard InChI is InChI=1S/C18H15BrN4O5S3/c19-12-6-7-13-14(8-12)29-18(21-13)16(17-23-22-15(28-17)9-20-30(24)25)31(26,27)10-11-4-2-1-3-5-11/h1-8,16,20H,9-10H2,(H,24,25)/p-1. The van der Waals surface area contributed by atoms with Crippen molar-refractivity contribution in [2.45, 2.75) is 17.5 Å². The predicted molar refractivity (Wildman–Crippen MR) is 118 cm³/mol. The monoisotopic (exact) mass is 541 g/mol. The van der Waals surface area contributed by atoms with Crippen molar-refractivity contribution >= 4 is 58.6 Å². The molecule has 2 atom stereocenters. The maximum absolute atomic E-state index is 13.4. The lowest BCUT2D eigenvalue weighted by Gasteiger charge is -2.12. The topological polar surface area (TPSA) is 138 Å². The summed E-state index contributed by atoms with van der Waals surface area (Å²) < 4.78 is 57.6. The first-order valence-electron chi connectivity index (χ1n) is 8.78. The van der Waals surface area contributed by atoms with E-state index in [9.17, 15) is 17.2 Å². The summed E-state index contributed by atoms with van der Waals surface area (Å²) >= 11 is 2.10. The summed E-state index contributed by atoms with van der Waals surface area (Å²) in [5, 5.41) is 6.66. The molecule has 4 rings (SSSR count). The van der Waals surface area contributed by atoms with Gasteiger partial charge in [-0.3, -0.25) is 4.21 Å². The Kier molecular flexibility index (Phi) is 6.60. The van der Waals surface area contributed by atoms with E-state index >= 15 is 0 Å². The Hall–Kier alpha value is -2.03. The molecule has 13 heteroatoms. The van der Waals surface area contributed by atoms with Crippen molar-refractivity contribution in [2.75, 3.05) is 0 Å². The van der Waals surface area contributed by atoms with Gasteiger partial charge in [0.1, 0.15) is 5.01 Å². The van der Waals surface area contributed by atoms with Crippen molar-refractivity contribution in [1.82, 2.24) is 19.9 Å². The van der Waals surface area contributed by atoms with E-state index in [0.717, 1.165) is 9.17 Å². The van der Waals surface area contributed by atoms with Crippen molar-refractivity contribution in [2.24, 2.45) is 0 Å². The lowest BCUT2D eigenvalue weighted by atomic mass is 10.2. The van der Waals surface area contributed by atoms with E-state index in [1.807, 2.05) is 12.1 Å². The second kappa shape index (κ2) is 9.22. The Morgan fingerprint density at radius 2 is 1.97 bits per heavy atom. The first-order valence-corrected chi connectivity index (χ1v) is 13.2. The van der Waals surface area contributed by atoms with E-state index in [1.165, 1.54) is 11.3 Å². The van der Waals surface area contributed by atoms with Gasteiger partial charge in [-0.1, -0.05) is 46.3 Å². The van der Waals surface area contributed by atoms with Crippen LogP contribution in [0.2, 0.25) is 0 Å². The van der Waals surface area contributed by atoms with Crippen molar-refractivity contribution < 1.29 is 21.6 Å². The number of sulfone groups is 1. The van der Waals surface area contributed by atoms with Gasteiger partial charge in [0.15, 0.2) is 15.1 Å². The van der Waals surface area contributed by atoms with Crippen molar-refractivity contribution in [3.8, 4) is 0 Å². The van der Waals surface area contributed by atoms with E-state index in [-0.39, 0.29) is 24.1 Å². The SMILES string of the molecule is O=S([O-])NCc1nnc(C(c2nc3ccc(Br)cc3s2)S(=O)(=O)Cc2ccccc2)o1. The van der Waals surface area contributed by atoms with Crippen molar-refractivity contribution in [3.63, 3.8) is 0 Å². The van der Waals surface area contributed by atoms with Crippen molar-refractivity contribution in [1.29, 1.82) is 0 Å². The molecule has 31 heavy (non-hydrogen) atoms. The lowest BCUT2D eigenvalue weighted by molar-refractivity contribution is 0.440. The Bertz CT molecular complexity index is 1340. The zero-order chi connectivity index (χ0) is 22.0. The molecule has 0 saturated heterocycles. The highest BCUT2D eigenvalue weighted by Crippen LogP contribution is 2.37. The fourth-order valence-electron chi connectivity index (χ4n) is 2.90. The van der Waals surface area contributed by atoms with Gasteiger partial charge in [0.25, 0.3) is 0 Å². The van der Waals surface area contributed by atoms with Crippen LogP contribution < -0.4 is 4.72 Å². The molecule has 0 spiro atoms. The molecule has 0 saturated carbocycles. The number of aromatic nitrogens is 3. The molecule has 1 N–H and O–H groups in total. The maximum atomic E-state index is 13.4. The smallest absolute Gasteiger partial charge is 0.241 e. The summed E-state index contributed by atoms with van der Waals surface area (Å²) in [6, 6.07) is 14.2. The molecule has 2 aromatic carbocycles. The van der Waals surface area contributed by atoms with E-state index in [2.05, 4.69) is 35.8 Å². The third-order valence-corrected chi connectivity index (χ3v) is 8.19. The number of thiazole rings is 1. The Morgan fingerprint density at radius 3 is 2.71 bits per heavy atom. The molecule has 2 heterocycles. The van der Waals surface area contributed by atoms with Crippen LogP contribution in [0.5, 0.6) is 0 Å². The molecule has 0 aliphatic carbocycles. The molecule has 9 nitrogen and oxygen atoms in total. The van der Waals surface area contributed by atoms with Crippen LogP contribution in [0.15, 0.2) is 57.4 Å². The molecular formula is C18H14BrN4O5S3-. The quantitative estimate of drug-likeness (QED) is 0.336. The Morgan fingerprint density at radius 1 is 1.19 bits per heavy atom. The zero-order valence-electron chi connectivity index (χ0n) is 15.6.